The fraction of sp³-hybridized carbons (Fsp3) is 0.700. The minimum absolute atomic E-state index is 0.164. The Morgan fingerprint density at radius 2 is 2.25 bits per heavy atom. The van der Waals surface area contributed by atoms with Gasteiger partial charge in [0.25, 0.3) is 5.91 Å². The highest BCUT2D eigenvalue weighted by Crippen LogP contribution is 2.28. The SMILES string of the molecule is C#CC(=O)N1CCCC(C)(C)C1. The molecule has 0 spiro atoms. The van der Waals surface area contributed by atoms with Crippen molar-refractivity contribution in [3.63, 3.8) is 0 Å². The molecule has 2 nitrogen and oxygen atoms in total. The van der Waals surface area contributed by atoms with Crippen LogP contribution in [0.15, 0.2) is 0 Å². The summed E-state index contributed by atoms with van der Waals surface area (Å²) in [4.78, 5) is 12.9. The normalized spacial score (nSPS) is 21.6. The molecule has 1 rings (SSSR count). The summed E-state index contributed by atoms with van der Waals surface area (Å²) in [5.74, 6) is 2.00. The van der Waals surface area contributed by atoms with Crippen LogP contribution in [0, 0.1) is 17.8 Å². The fourth-order valence-corrected chi connectivity index (χ4v) is 1.69. The summed E-state index contributed by atoms with van der Waals surface area (Å²) in [6, 6.07) is 0. The standard InChI is InChI=1S/C10H15NO/c1-4-9(12)11-7-5-6-10(2,3)8-11/h1H,5-8H2,2-3H3. The van der Waals surface area contributed by atoms with E-state index in [1.54, 1.807) is 4.90 Å². The molecule has 0 aromatic heterocycles. The summed E-state index contributed by atoms with van der Waals surface area (Å²) in [7, 11) is 0. The highest BCUT2D eigenvalue weighted by molar-refractivity contribution is 5.92. The topological polar surface area (TPSA) is 20.3 Å². The third-order valence-electron chi connectivity index (χ3n) is 2.31. The maximum atomic E-state index is 11.1. The van der Waals surface area contributed by atoms with Gasteiger partial charge >= 0.3 is 0 Å². The quantitative estimate of drug-likeness (QED) is 0.495. The maximum absolute atomic E-state index is 11.1. The summed E-state index contributed by atoms with van der Waals surface area (Å²) < 4.78 is 0. The first-order valence-electron chi connectivity index (χ1n) is 4.31. The Kier molecular flexibility index (Phi) is 2.42. The van der Waals surface area contributed by atoms with Gasteiger partial charge in [-0.05, 0) is 24.2 Å². The first-order valence-corrected chi connectivity index (χ1v) is 4.31. The monoisotopic (exact) mass is 165 g/mol. The number of carbonyl (C=O) groups excluding carboxylic acids is 1. The smallest absolute Gasteiger partial charge is 0.298 e. The summed E-state index contributed by atoms with van der Waals surface area (Å²) in [5, 5.41) is 0. The van der Waals surface area contributed by atoms with Crippen molar-refractivity contribution in [1.82, 2.24) is 4.90 Å². The number of piperidine rings is 1. The van der Waals surface area contributed by atoms with Gasteiger partial charge in [-0.25, -0.2) is 0 Å². The highest BCUT2D eigenvalue weighted by Gasteiger charge is 2.28. The Bertz CT molecular complexity index is 224. The molecule has 1 fully saturated rings. The van der Waals surface area contributed by atoms with E-state index in [0.29, 0.717) is 0 Å². The van der Waals surface area contributed by atoms with E-state index in [0.717, 1.165) is 19.5 Å². The number of amides is 1. The molecule has 0 unspecified atom stereocenters. The van der Waals surface area contributed by atoms with Crippen LogP contribution >= 0.6 is 0 Å². The van der Waals surface area contributed by atoms with E-state index in [4.69, 9.17) is 6.42 Å². The number of nitrogens with zero attached hydrogens (tertiary/aromatic N) is 1. The van der Waals surface area contributed by atoms with E-state index in [-0.39, 0.29) is 11.3 Å². The predicted octanol–water partition coefficient (Wildman–Crippen LogP) is 1.27. The zero-order valence-corrected chi connectivity index (χ0v) is 7.76. The summed E-state index contributed by atoms with van der Waals surface area (Å²) in [6.07, 6.45) is 7.30. The number of hydrogen-bond acceptors (Lipinski definition) is 1. The Labute approximate surface area is 73.9 Å². The largest absolute Gasteiger partial charge is 0.331 e. The number of rotatable bonds is 0. The van der Waals surface area contributed by atoms with Gasteiger partial charge < -0.3 is 4.90 Å². The Hall–Kier alpha value is -0.970. The Balaban J connectivity index is 2.59. The summed E-state index contributed by atoms with van der Waals surface area (Å²) in [5.41, 5.74) is 0.241. The molecular formula is C10H15NO. The predicted molar refractivity (Wildman–Crippen MR) is 48.4 cm³/mol. The van der Waals surface area contributed by atoms with Gasteiger partial charge in [-0.1, -0.05) is 13.8 Å². The van der Waals surface area contributed by atoms with Crippen LogP contribution < -0.4 is 0 Å². The molecule has 12 heavy (non-hydrogen) atoms. The number of hydrogen-bond donors (Lipinski definition) is 0. The fourth-order valence-electron chi connectivity index (χ4n) is 1.69. The average molecular weight is 165 g/mol. The van der Waals surface area contributed by atoms with Gasteiger partial charge in [0.15, 0.2) is 0 Å². The van der Waals surface area contributed by atoms with Crippen molar-refractivity contribution < 1.29 is 4.79 Å². The molecule has 1 saturated heterocycles. The van der Waals surface area contributed by atoms with E-state index in [2.05, 4.69) is 19.8 Å². The Morgan fingerprint density at radius 1 is 1.58 bits per heavy atom. The number of carbonyl (C=O) groups is 1. The molecule has 0 aromatic rings. The van der Waals surface area contributed by atoms with Crippen LogP contribution in [0.2, 0.25) is 0 Å². The van der Waals surface area contributed by atoms with Crippen LogP contribution in [0.3, 0.4) is 0 Å². The molecule has 1 aliphatic heterocycles. The van der Waals surface area contributed by atoms with Crippen LogP contribution in [0.1, 0.15) is 26.7 Å². The van der Waals surface area contributed by atoms with Gasteiger partial charge in [0, 0.05) is 13.1 Å². The lowest BCUT2D eigenvalue weighted by atomic mass is 9.84. The molecule has 0 saturated carbocycles. The average Bonchev–Trinajstić information content (AvgIpc) is 2.01. The highest BCUT2D eigenvalue weighted by atomic mass is 16.2. The molecule has 0 radical (unpaired) electrons. The van der Waals surface area contributed by atoms with Gasteiger partial charge in [-0.15, -0.1) is 6.42 Å². The van der Waals surface area contributed by atoms with Crippen LogP contribution in [-0.2, 0) is 4.79 Å². The van der Waals surface area contributed by atoms with Gasteiger partial charge in [-0.2, -0.15) is 0 Å². The zero-order valence-electron chi connectivity index (χ0n) is 7.76. The maximum Gasteiger partial charge on any atom is 0.298 e. The second-order valence-electron chi connectivity index (χ2n) is 4.14. The van der Waals surface area contributed by atoms with Crippen molar-refractivity contribution in [2.45, 2.75) is 26.7 Å². The molecule has 0 N–H and O–H groups in total. The van der Waals surface area contributed by atoms with E-state index < -0.39 is 0 Å². The molecule has 66 valence electrons. The molecule has 0 atom stereocenters. The lowest BCUT2D eigenvalue weighted by molar-refractivity contribution is -0.128. The second-order valence-corrected chi connectivity index (χ2v) is 4.14. The molecule has 0 aliphatic carbocycles. The summed E-state index contributed by atoms with van der Waals surface area (Å²) >= 11 is 0. The molecule has 0 bridgehead atoms. The number of likely N-dealkylation sites (tertiary alicyclic amines) is 1. The van der Waals surface area contributed by atoms with Crippen molar-refractivity contribution >= 4 is 5.91 Å². The second kappa shape index (κ2) is 3.18. The van der Waals surface area contributed by atoms with Crippen molar-refractivity contribution in [3.05, 3.63) is 0 Å². The molecule has 0 aromatic carbocycles. The van der Waals surface area contributed by atoms with Crippen molar-refractivity contribution in [1.29, 1.82) is 0 Å². The molecule has 2 heteroatoms. The Morgan fingerprint density at radius 3 is 2.75 bits per heavy atom. The van der Waals surface area contributed by atoms with Crippen molar-refractivity contribution in [2.75, 3.05) is 13.1 Å². The van der Waals surface area contributed by atoms with E-state index in [1.807, 2.05) is 0 Å². The first kappa shape index (κ1) is 9.12. The third-order valence-corrected chi connectivity index (χ3v) is 2.31. The summed E-state index contributed by atoms with van der Waals surface area (Å²) in [6.45, 7) is 5.97. The van der Waals surface area contributed by atoms with Crippen LogP contribution in [-0.4, -0.2) is 23.9 Å². The lowest BCUT2D eigenvalue weighted by Gasteiger charge is -2.36. The molecular weight excluding hydrogens is 150 g/mol. The van der Waals surface area contributed by atoms with Crippen LogP contribution in [0.25, 0.3) is 0 Å². The lowest BCUT2D eigenvalue weighted by Crippen LogP contribution is -2.42. The zero-order chi connectivity index (χ0) is 9.19. The van der Waals surface area contributed by atoms with Crippen LogP contribution in [0.4, 0.5) is 0 Å². The van der Waals surface area contributed by atoms with Gasteiger partial charge in [-0.3, -0.25) is 4.79 Å². The van der Waals surface area contributed by atoms with Gasteiger partial charge in [0.05, 0.1) is 0 Å². The van der Waals surface area contributed by atoms with Crippen LogP contribution in [0.5, 0.6) is 0 Å². The van der Waals surface area contributed by atoms with Crippen molar-refractivity contribution in [2.24, 2.45) is 5.41 Å². The molecule has 1 aliphatic rings. The minimum atomic E-state index is -0.164. The van der Waals surface area contributed by atoms with E-state index >= 15 is 0 Å². The van der Waals surface area contributed by atoms with Gasteiger partial charge in [0.1, 0.15) is 0 Å². The third kappa shape index (κ3) is 2.01. The number of terminal acetylenes is 1. The molecule has 1 amide bonds. The van der Waals surface area contributed by atoms with E-state index in [1.165, 1.54) is 6.42 Å². The molecule has 1 heterocycles. The van der Waals surface area contributed by atoms with Gasteiger partial charge in [0.2, 0.25) is 0 Å². The first-order chi connectivity index (χ1) is 5.55. The van der Waals surface area contributed by atoms with E-state index in [9.17, 15) is 4.79 Å². The minimum Gasteiger partial charge on any atom is -0.331 e. The van der Waals surface area contributed by atoms with Crippen molar-refractivity contribution in [3.8, 4) is 12.3 Å².